The molecule has 104 valence electrons. The van der Waals surface area contributed by atoms with Gasteiger partial charge < -0.3 is 15.2 Å². The molecule has 1 aromatic carbocycles. The molecule has 5 nitrogen and oxygen atoms in total. The number of rotatable bonds is 4. The summed E-state index contributed by atoms with van der Waals surface area (Å²) in [5, 5.41) is 11.0. The van der Waals surface area contributed by atoms with E-state index in [0.717, 1.165) is 0 Å². The largest absolute Gasteiger partial charge is 0.453 e. The number of hydrogen-bond acceptors (Lipinski definition) is 4. The Bertz CT molecular complexity index is 447. The van der Waals surface area contributed by atoms with Gasteiger partial charge in [0.15, 0.2) is 6.61 Å². The van der Waals surface area contributed by atoms with E-state index in [4.69, 9.17) is 0 Å². The Morgan fingerprint density at radius 1 is 1.26 bits per heavy atom. The zero-order valence-electron chi connectivity index (χ0n) is 9.48. The number of carbonyl (C=O) groups excluding carboxylic acids is 2. The van der Waals surface area contributed by atoms with Crippen LogP contribution in [0.5, 0.6) is 0 Å². The highest BCUT2D eigenvalue weighted by atomic mass is 19.4. The van der Waals surface area contributed by atoms with E-state index in [1.54, 1.807) is 23.5 Å². The lowest BCUT2D eigenvalue weighted by Crippen LogP contribution is -2.42. The molecular weight excluding hydrogens is 267 g/mol. The summed E-state index contributed by atoms with van der Waals surface area (Å²) in [6.07, 6.45) is -6.85. The molecule has 19 heavy (non-hydrogen) atoms. The number of halogens is 3. The zero-order valence-corrected chi connectivity index (χ0v) is 9.48. The van der Waals surface area contributed by atoms with Crippen LogP contribution in [-0.4, -0.2) is 36.0 Å². The van der Waals surface area contributed by atoms with Crippen molar-refractivity contribution < 1.29 is 32.6 Å². The first-order valence-corrected chi connectivity index (χ1v) is 5.07. The van der Waals surface area contributed by atoms with Gasteiger partial charge in [0, 0.05) is 5.56 Å². The van der Waals surface area contributed by atoms with Gasteiger partial charge in [0.1, 0.15) is 0 Å². The molecule has 1 aromatic rings. The van der Waals surface area contributed by atoms with Gasteiger partial charge in [-0.3, -0.25) is 4.79 Å². The summed E-state index contributed by atoms with van der Waals surface area (Å²) < 4.78 is 39.1. The van der Waals surface area contributed by atoms with Gasteiger partial charge in [-0.15, -0.1) is 0 Å². The van der Waals surface area contributed by atoms with Gasteiger partial charge in [-0.05, 0) is 12.1 Å². The normalized spacial score (nSPS) is 12.6. The number of amides is 1. The summed E-state index contributed by atoms with van der Waals surface area (Å²) in [7, 11) is 0. The number of nitrogens with one attached hydrogen (secondary N) is 1. The van der Waals surface area contributed by atoms with Crippen LogP contribution < -0.4 is 5.32 Å². The minimum Gasteiger partial charge on any atom is -0.453 e. The van der Waals surface area contributed by atoms with Gasteiger partial charge in [-0.2, -0.15) is 13.2 Å². The number of esters is 1. The lowest BCUT2D eigenvalue weighted by Gasteiger charge is -2.13. The second-order valence-electron chi connectivity index (χ2n) is 3.46. The molecule has 0 heterocycles. The molecular formula is C11H10F3NO4. The van der Waals surface area contributed by atoms with E-state index in [2.05, 4.69) is 4.74 Å². The molecule has 0 saturated carbocycles. The van der Waals surface area contributed by atoms with Crippen LogP contribution in [0.1, 0.15) is 10.4 Å². The Morgan fingerprint density at radius 2 is 1.84 bits per heavy atom. The summed E-state index contributed by atoms with van der Waals surface area (Å²) in [5.41, 5.74) is 0.144. The van der Waals surface area contributed by atoms with Crippen molar-refractivity contribution in [3.8, 4) is 0 Å². The number of aliphatic hydroxyl groups excluding tert-OH is 1. The van der Waals surface area contributed by atoms with Crippen LogP contribution in [0.4, 0.5) is 13.2 Å². The standard InChI is InChI=1S/C11H10F3NO4/c12-11(13,14)6-19-10(18)9(17)15-8(16)7-4-2-1-3-5-7/h1-5,9,17H,6H2,(H,15,16). The molecule has 0 aliphatic carbocycles. The Balaban J connectivity index is 2.48. The number of benzene rings is 1. The fraction of sp³-hybridized carbons (Fsp3) is 0.273. The summed E-state index contributed by atoms with van der Waals surface area (Å²) >= 11 is 0. The van der Waals surface area contributed by atoms with E-state index >= 15 is 0 Å². The average molecular weight is 277 g/mol. The highest BCUT2D eigenvalue weighted by Crippen LogP contribution is 2.14. The highest BCUT2D eigenvalue weighted by Gasteiger charge is 2.31. The quantitative estimate of drug-likeness (QED) is 0.631. The molecule has 1 atom stereocenters. The topological polar surface area (TPSA) is 75.6 Å². The molecule has 1 unspecified atom stereocenters. The SMILES string of the molecule is O=C(NC(O)C(=O)OCC(F)(F)F)c1ccccc1. The summed E-state index contributed by atoms with van der Waals surface area (Å²) in [6, 6.07) is 7.55. The average Bonchev–Trinajstić information content (AvgIpc) is 2.36. The van der Waals surface area contributed by atoms with Crippen LogP contribution in [0.3, 0.4) is 0 Å². The van der Waals surface area contributed by atoms with Crippen molar-refractivity contribution in [2.45, 2.75) is 12.4 Å². The van der Waals surface area contributed by atoms with Gasteiger partial charge in [0.2, 0.25) is 6.23 Å². The van der Waals surface area contributed by atoms with Crippen molar-refractivity contribution in [1.29, 1.82) is 0 Å². The molecule has 8 heteroatoms. The van der Waals surface area contributed by atoms with Crippen molar-refractivity contribution >= 4 is 11.9 Å². The van der Waals surface area contributed by atoms with E-state index < -0.39 is 30.9 Å². The van der Waals surface area contributed by atoms with Crippen molar-refractivity contribution in [1.82, 2.24) is 5.32 Å². The maximum Gasteiger partial charge on any atom is 0.422 e. The van der Waals surface area contributed by atoms with Gasteiger partial charge in [0.25, 0.3) is 5.91 Å². The maximum atomic E-state index is 11.8. The molecule has 0 bridgehead atoms. The molecule has 2 N–H and O–H groups in total. The molecule has 1 amide bonds. The van der Waals surface area contributed by atoms with Crippen LogP contribution in [0, 0.1) is 0 Å². The maximum absolute atomic E-state index is 11.8. The third-order valence-corrected chi connectivity index (χ3v) is 1.91. The highest BCUT2D eigenvalue weighted by molar-refractivity contribution is 5.96. The monoisotopic (exact) mass is 277 g/mol. The second-order valence-corrected chi connectivity index (χ2v) is 3.46. The minimum atomic E-state index is -4.70. The number of aliphatic hydroxyl groups is 1. The molecule has 1 rings (SSSR count). The van der Waals surface area contributed by atoms with E-state index in [9.17, 15) is 27.9 Å². The third-order valence-electron chi connectivity index (χ3n) is 1.91. The van der Waals surface area contributed by atoms with Crippen LogP contribution in [-0.2, 0) is 9.53 Å². The van der Waals surface area contributed by atoms with Crippen molar-refractivity contribution in [3.05, 3.63) is 35.9 Å². The minimum absolute atomic E-state index is 0.144. The summed E-state index contributed by atoms with van der Waals surface area (Å²) in [5.74, 6) is -2.39. The third kappa shape index (κ3) is 5.38. The predicted molar refractivity (Wildman–Crippen MR) is 56.9 cm³/mol. The van der Waals surface area contributed by atoms with Crippen molar-refractivity contribution in [2.24, 2.45) is 0 Å². The first-order chi connectivity index (χ1) is 8.79. The molecule has 0 aliphatic rings. The molecule has 0 fully saturated rings. The Morgan fingerprint density at radius 3 is 2.37 bits per heavy atom. The van der Waals surface area contributed by atoms with E-state index in [0.29, 0.717) is 0 Å². The van der Waals surface area contributed by atoms with Gasteiger partial charge in [-0.25, -0.2) is 4.79 Å². The fourth-order valence-corrected chi connectivity index (χ4v) is 1.09. The van der Waals surface area contributed by atoms with Gasteiger partial charge >= 0.3 is 12.1 Å². The first kappa shape index (κ1) is 15.0. The summed E-state index contributed by atoms with van der Waals surface area (Å²) in [4.78, 5) is 22.4. The Kier molecular flexibility index (Phi) is 4.87. The summed E-state index contributed by atoms with van der Waals surface area (Å²) in [6.45, 7) is -1.83. The Hall–Kier alpha value is -2.09. The van der Waals surface area contributed by atoms with Crippen molar-refractivity contribution in [3.63, 3.8) is 0 Å². The first-order valence-electron chi connectivity index (χ1n) is 5.07. The number of alkyl halides is 3. The zero-order chi connectivity index (χ0) is 14.5. The van der Waals surface area contributed by atoms with E-state index in [1.807, 2.05) is 0 Å². The number of ether oxygens (including phenoxy) is 1. The van der Waals surface area contributed by atoms with Crippen LogP contribution in [0.25, 0.3) is 0 Å². The smallest absolute Gasteiger partial charge is 0.422 e. The van der Waals surface area contributed by atoms with E-state index in [1.165, 1.54) is 12.1 Å². The molecule has 0 saturated heterocycles. The molecule has 0 aliphatic heterocycles. The van der Waals surface area contributed by atoms with Gasteiger partial charge in [0.05, 0.1) is 0 Å². The molecule has 0 spiro atoms. The van der Waals surface area contributed by atoms with Crippen LogP contribution in [0.15, 0.2) is 30.3 Å². The lowest BCUT2D eigenvalue weighted by molar-refractivity contribution is -0.192. The predicted octanol–water partition coefficient (Wildman–Crippen LogP) is 0.840. The number of hydrogen-bond donors (Lipinski definition) is 2. The number of carbonyl (C=O) groups is 2. The van der Waals surface area contributed by atoms with Crippen molar-refractivity contribution in [2.75, 3.05) is 6.61 Å². The second kappa shape index (κ2) is 6.19. The molecule has 0 aromatic heterocycles. The Labute approximate surface area is 106 Å². The van der Waals surface area contributed by atoms with E-state index in [-0.39, 0.29) is 5.56 Å². The molecule has 0 radical (unpaired) electrons. The van der Waals surface area contributed by atoms with Gasteiger partial charge in [-0.1, -0.05) is 18.2 Å². The van der Waals surface area contributed by atoms with Crippen LogP contribution >= 0.6 is 0 Å². The van der Waals surface area contributed by atoms with Crippen LogP contribution in [0.2, 0.25) is 0 Å². The fourth-order valence-electron chi connectivity index (χ4n) is 1.09. The lowest BCUT2D eigenvalue weighted by atomic mass is 10.2.